The lowest BCUT2D eigenvalue weighted by atomic mass is 10.1. The second-order valence-electron chi connectivity index (χ2n) is 1.93. The summed E-state index contributed by atoms with van der Waals surface area (Å²) in [5.41, 5.74) is 7.75. The first-order valence-corrected chi connectivity index (χ1v) is 2.71. The van der Waals surface area contributed by atoms with Crippen LogP contribution in [0.1, 0.15) is 13.8 Å². The van der Waals surface area contributed by atoms with E-state index in [1.807, 2.05) is 13.8 Å². The van der Waals surface area contributed by atoms with Crippen LogP contribution in [0, 0.1) is 0 Å². The van der Waals surface area contributed by atoms with Crippen LogP contribution in [0.15, 0.2) is 23.8 Å². The van der Waals surface area contributed by atoms with Crippen molar-refractivity contribution in [2.45, 2.75) is 13.8 Å². The minimum atomic E-state index is 0.603. The van der Waals surface area contributed by atoms with E-state index in [2.05, 4.69) is 6.58 Å². The Morgan fingerprint density at radius 1 is 1.62 bits per heavy atom. The molecule has 0 amide bonds. The zero-order valence-electron chi connectivity index (χ0n) is 5.57. The molecule has 0 bridgehead atoms. The van der Waals surface area contributed by atoms with E-state index in [0.717, 1.165) is 5.57 Å². The minimum absolute atomic E-state index is 0.603. The average Bonchev–Trinajstić information content (AvgIpc) is 1.69. The van der Waals surface area contributed by atoms with E-state index in [9.17, 15) is 0 Å². The molecule has 0 aromatic rings. The van der Waals surface area contributed by atoms with Crippen LogP contribution in [0.5, 0.6) is 0 Å². The van der Waals surface area contributed by atoms with E-state index < -0.39 is 0 Å². The molecular weight excluding hydrogens is 98.1 g/mol. The van der Waals surface area contributed by atoms with E-state index >= 15 is 0 Å². The molecule has 0 atom stereocenters. The van der Waals surface area contributed by atoms with Gasteiger partial charge in [0.2, 0.25) is 0 Å². The number of hydrogen-bond donors (Lipinski definition) is 1. The maximum absolute atomic E-state index is 5.36. The first-order valence-electron chi connectivity index (χ1n) is 2.71. The van der Waals surface area contributed by atoms with Crippen molar-refractivity contribution in [2.75, 3.05) is 6.54 Å². The minimum Gasteiger partial charge on any atom is -0.326 e. The quantitative estimate of drug-likeness (QED) is 0.536. The summed E-state index contributed by atoms with van der Waals surface area (Å²) in [6.07, 6.45) is 1.80. The van der Waals surface area contributed by atoms with Gasteiger partial charge < -0.3 is 5.73 Å². The Balaban J connectivity index is 4.07. The van der Waals surface area contributed by atoms with Crippen LogP contribution < -0.4 is 5.73 Å². The molecule has 0 aliphatic carbocycles. The molecule has 1 heteroatoms. The zero-order chi connectivity index (χ0) is 6.57. The lowest BCUT2D eigenvalue weighted by Crippen LogP contribution is -2.01. The predicted molar refractivity (Wildman–Crippen MR) is 37.6 cm³/mol. The zero-order valence-corrected chi connectivity index (χ0v) is 5.57. The summed E-state index contributed by atoms with van der Waals surface area (Å²) in [5.74, 6) is 0. The van der Waals surface area contributed by atoms with Crippen molar-refractivity contribution in [3.63, 3.8) is 0 Å². The second kappa shape index (κ2) is 3.44. The third kappa shape index (κ3) is 1.94. The summed E-state index contributed by atoms with van der Waals surface area (Å²) in [6.45, 7) is 8.28. The molecule has 0 unspecified atom stereocenters. The standard InChI is InChI=1S/C7H13N/c1-4-7(5-8)6(2)3/h4H,1,5,8H2,2-3H3. The van der Waals surface area contributed by atoms with Gasteiger partial charge in [-0.15, -0.1) is 0 Å². The van der Waals surface area contributed by atoms with Crippen molar-refractivity contribution >= 4 is 0 Å². The first kappa shape index (κ1) is 7.44. The van der Waals surface area contributed by atoms with Crippen molar-refractivity contribution in [1.82, 2.24) is 0 Å². The normalized spacial score (nSPS) is 8.38. The van der Waals surface area contributed by atoms with Crippen LogP contribution in [-0.4, -0.2) is 6.54 Å². The molecule has 2 N–H and O–H groups in total. The number of nitrogens with two attached hydrogens (primary N) is 1. The molecule has 0 heterocycles. The molecule has 0 spiro atoms. The Morgan fingerprint density at radius 2 is 2.12 bits per heavy atom. The van der Waals surface area contributed by atoms with Gasteiger partial charge >= 0.3 is 0 Å². The highest BCUT2D eigenvalue weighted by Gasteiger charge is 1.86. The van der Waals surface area contributed by atoms with Crippen molar-refractivity contribution < 1.29 is 0 Å². The highest BCUT2D eigenvalue weighted by Crippen LogP contribution is 2.00. The van der Waals surface area contributed by atoms with Gasteiger partial charge in [0.15, 0.2) is 0 Å². The topological polar surface area (TPSA) is 26.0 Å². The van der Waals surface area contributed by atoms with Gasteiger partial charge in [0.05, 0.1) is 0 Å². The van der Waals surface area contributed by atoms with Gasteiger partial charge in [-0.3, -0.25) is 0 Å². The summed E-state index contributed by atoms with van der Waals surface area (Å²) < 4.78 is 0. The first-order chi connectivity index (χ1) is 3.72. The second-order valence-corrected chi connectivity index (χ2v) is 1.93. The third-order valence-corrected chi connectivity index (χ3v) is 1.11. The van der Waals surface area contributed by atoms with Gasteiger partial charge in [0.1, 0.15) is 0 Å². The van der Waals surface area contributed by atoms with E-state index in [0.29, 0.717) is 6.54 Å². The van der Waals surface area contributed by atoms with E-state index in [1.54, 1.807) is 6.08 Å². The van der Waals surface area contributed by atoms with Gasteiger partial charge in [-0.1, -0.05) is 18.2 Å². The largest absolute Gasteiger partial charge is 0.326 e. The summed E-state index contributed by atoms with van der Waals surface area (Å²) in [4.78, 5) is 0. The van der Waals surface area contributed by atoms with Crippen molar-refractivity contribution in [2.24, 2.45) is 5.73 Å². The Kier molecular flexibility index (Phi) is 3.20. The molecule has 46 valence electrons. The molecule has 0 rings (SSSR count). The fourth-order valence-electron chi connectivity index (χ4n) is 0.492. The maximum atomic E-state index is 5.36. The SMILES string of the molecule is C=CC(CN)=C(C)C. The van der Waals surface area contributed by atoms with E-state index in [-0.39, 0.29) is 0 Å². The molecule has 0 saturated heterocycles. The van der Waals surface area contributed by atoms with E-state index in [4.69, 9.17) is 5.73 Å². The van der Waals surface area contributed by atoms with Crippen LogP contribution >= 0.6 is 0 Å². The molecular formula is C7H13N. The Hall–Kier alpha value is -0.560. The van der Waals surface area contributed by atoms with Crippen LogP contribution in [0.3, 0.4) is 0 Å². The van der Waals surface area contributed by atoms with Crippen LogP contribution in [0.4, 0.5) is 0 Å². The van der Waals surface area contributed by atoms with Gasteiger partial charge in [-0.05, 0) is 19.4 Å². The van der Waals surface area contributed by atoms with Gasteiger partial charge in [0.25, 0.3) is 0 Å². The van der Waals surface area contributed by atoms with Crippen LogP contribution in [0.25, 0.3) is 0 Å². The summed E-state index contributed by atoms with van der Waals surface area (Å²) in [5, 5.41) is 0. The average molecular weight is 111 g/mol. The Bertz CT molecular complexity index is 108. The molecule has 0 aromatic heterocycles. The van der Waals surface area contributed by atoms with Crippen LogP contribution in [0.2, 0.25) is 0 Å². The highest BCUT2D eigenvalue weighted by atomic mass is 14.5. The molecule has 0 radical (unpaired) electrons. The van der Waals surface area contributed by atoms with Gasteiger partial charge in [0, 0.05) is 6.54 Å². The smallest absolute Gasteiger partial charge is 0.0177 e. The van der Waals surface area contributed by atoms with Gasteiger partial charge in [-0.2, -0.15) is 0 Å². The highest BCUT2D eigenvalue weighted by molar-refractivity contribution is 5.22. The molecule has 0 aromatic carbocycles. The number of hydrogen-bond acceptors (Lipinski definition) is 1. The molecule has 8 heavy (non-hydrogen) atoms. The molecule has 0 aliphatic heterocycles. The van der Waals surface area contributed by atoms with Crippen molar-refractivity contribution in [3.8, 4) is 0 Å². The summed E-state index contributed by atoms with van der Waals surface area (Å²) in [6, 6.07) is 0. The molecule has 0 fully saturated rings. The number of allylic oxidation sites excluding steroid dienone is 1. The lowest BCUT2D eigenvalue weighted by molar-refractivity contribution is 1.14. The Labute approximate surface area is 50.9 Å². The van der Waals surface area contributed by atoms with Crippen molar-refractivity contribution in [1.29, 1.82) is 0 Å². The fourth-order valence-corrected chi connectivity index (χ4v) is 0.492. The summed E-state index contributed by atoms with van der Waals surface area (Å²) >= 11 is 0. The summed E-state index contributed by atoms with van der Waals surface area (Å²) in [7, 11) is 0. The molecule has 0 saturated carbocycles. The van der Waals surface area contributed by atoms with Crippen molar-refractivity contribution in [3.05, 3.63) is 23.8 Å². The molecule has 0 aliphatic rings. The fraction of sp³-hybridized carbons (Fsp3) is 0.429. The molecule has 1 nitrogen and oxygen atoms in total. The lowest BCUT2D eigenvalue weighted by Gasteiger charge is -1.96. The predicted octanol–water partition coefficient (Wildman–Crippen LogP) is 1.47. The monoisotopic (exact) mass is 111 g/mol. The van der Waals surface area contributed by atoms with Crippen LogP contribution in [-0.2, 0) is 0 Å². The Morgan fingerprint density at radius 3 is 2.12 bits per heavy atom. The third-order valence-electron chi connectivity index (χ3n) is 1.11. The maximum Gasteiger partial charge on any atom is 0.0177 e. The van der Waals surface area contributed by atoms with Gasteiger partial charge in [-0.25, -0.2) is 0 Å². The number of rotatable bonds is 2. The van der Waals surface area contributed by atoms with E-state index in [1.165, 1.54) is 5.57 Å².